The zero-order valence-corrected chi connectivity index (χ0v) is 15.4. The molecular weight excluding hydrogens is 344 g/mol. The summed E-state index contributed by atoms with van der Waals surface area (Å²) in [6.07, 6.45) is 0.187. The summed E-state index contributed by atoms with van der Waals surface area (Å²) in [6.45, 7) is 4.51. The van der Waals surface area contributed by atoms with Crippen LogP contribution >= 0.6 is 0 Å². The number of aliphatic carboxylic acids is 1. The molecule has 2 aromatic carbocycles. The van der Waals surface area contributed by atoms with Gasteiger partial charge in [-0.1, -0.05) is 41.5 Å². The third-order valence-electron chi connectivity index (χ3n) is 3.95. The summed E-state index contributed by atoms with van der Waals surface area (Å²) in [6, 6.07) is 11.6. The second-order valence-electron chi connectivity index (χ2n) is 6.50. The minimum atomic E-state index is -1.07. The lowest BCUT2D eigenvalue weighted by Gasteiger charge is -2.08. The maximum Gasteiger partial charge on any atom is 0.320 e. The van der Waals surface area contributed by atoms with Crippen LogP contribution in [0, 0.1) is 13.8 Å². The molecule has 0 radical (unpaired) electrons. The number of hydrogen-bond acceptors (Lipinski definition) is 3. The van der Waals surface area contributed by atoms with Crippen LogP contribution in [0.3, 0.4) is 0 Å². The first-order chi connectivity index (χ1) is 12.7. The van der Waals surface area contributed by atoms with Crippen LogP contribution in [0.4, 0.5) is 0 Å². The van der Waals surface area contributed by atoms with Crippen LogP contribution in [-0.4, -0.2) is 29.0 Å². The second kappa shape index (κ2) is 8.95. The van der Waals surface area contributed by atoms with Crippen molar-refractivity contribution in [2.75, 3.05) is 0 Å². The normalized spacial score (nSPS) is 12.5. The van der Waals surface area contributed by atoms with Gasteiger partial charge in [-0.2, -0.15) is 4.99 Å². The van der Waals surface area contributed by atoms with Crippen molar-refractivity contribution in [3.63, 3.8) is 0 Å². The molecule has 7 nitrogen and oxygen atoms in total. The number of aliphatic imine (C=N–C) groups is 1. The number of rotatable bonds is 6. The number of hydrogen-bond donors (Lipinski definition) is 4. The Morgan fingerprint density at radius 3 is 2.22 bits per heavy atom. The Balaban J connectivity index is 1.97. The Hall–Kier alpha value is -3.19. The van der Waals surface area contributed by atoms with Crippen molar-refractivity contribution < 1.29 is 14.7 Å². The van der Waals surface area contributed by atoms with E-state index in [0.717, 1.165) is 22.3 Å². The molecule has 0 aliphatic rings. The number of carbonyl (C=O) groups excluding carboxylic acids is 1. The molecule has 2 aromatic rings. The monoisotopic (exact) mass is 368 g/mol. The van der Waals surface area contributed by atoms with Gasteiger partial charge in [0.05, 0.1) is 0 Å². The smallest absolute Gasteiger partial charge is 0.320 e. The lowest BCUT2D eigenvalue weighted by Crippen LogP contribution is -2.32. The number of nitrogens with two attached hydrogens (primary N) is 2. The van der Waals surface area contributed by atoms with Crippen molar-refractivity contribution in [1.29, 1.82) is 0 Å². The largest absolute Gasteiger partial charge is 0.480 e. The van der Waals surface area contributed by atoms with Crippen molar-refractivity contribution in [2.24, 2.45) is 16.5 Å². The Kier molecular flexibility index (Phi) is 6.67. The van der Waals surface area contributed by atoms with Crippen molar-refractivity contribution in [3.8, 4) is 0 Å². The lowest BCUT2D eigenvalue weighted by atomic mass is 10.0. The van der Waals surface area contributed by atoms with E-state index in [1.165, 1.54) is 0 Å². The van der Waals surface area contributed by atoms with Crippen molar-refractivity contribution >= 4 is 17.8 Å². The van der Waals surface area contributed by atoms with Crippen LogP contribution < -0.4 is 16.8 Å². The summed E-state index contributed by atoms with van der Waals surface area (Å²) in [4.78, 5) is 26.8. The summed E-state index contributed by atoms with van der Waals surface area (Å²) in [5.41, 5.74) is 15.7. The van der Waals surface area contributed by atoms with Crippen LogP contribution in [0.25, 0.3) is 0 Å². The van der Waals surface area contributed by atoms with Crippen molar-refractivity contribution in [1.82, 2.24) is 5.32 Å². The van der Waals surface area contributed by atoms with Gasteiger partial charge in [-0.15, -0.1) is 0 Å². The molecule has 142 valence electrons. The molecule has 2 rings (SSSR count). The summed E-state index contributed by atoms with van der Waals surface area (Å²) in [5, 5.41) is 11.8. The van der Waals surface area contributed by atoms with Gasteiger partial charge in [0.1, 0.15) is 6.04 Å². The van der Waals surface area contributed by atoms with Gasteiger partial charge >= 0.3 is 5.97 Å². The number of aryl methyl sites for hydroxylation is 2. The maximum absolute atomic E-state index is 12.2. The Labute approximate surface area is 158 Å². The fourth-order valence-corrected chi connectivity index (χ4v) is 2.70. The Morgan fingerprint density at radius 1 is 1.07 bits per heavy atom. The lowest BCUT2D eigenvalue weighted by molar-refractivity contribution is -0.138. The zero-order valence-electron chi connectivity index (χ0n) is 15.4. The molecule has 0 aromatic heterocycles. The fraction of sp³-hybridized carbons (Fsp3) is 0.250. The molecule has 0 bridgehead atoms. The molecule has 0 saturated heterocycles. The van der Waals surface area contributed by atoms with Gasteiger partial charge in [0, 0.05) is 12.1 Å². The first-order valence-electron chi connectivity index (χ1n) is 8.51. The average Bonchev–Trinajstić information content (AvgIpc) is 2.59. The molecule has 0 aliphatic carbocycles. The topological polar surface area (TPSA) is 131 Å². The van der Waals surface area contributed by atoms with Crippen LogP contribution in [0.15, 0.2) is 47.5 Å². The third-order valence-corrected chi connectivity index (χ3v) is 3.95. The highest BCUT2D eigenvalue weighted by Crippen LogP contribution is 2.09. The molecule has 7 heteroatoms. The van der Waals surface area contributed by atoms with Gasteiger partial charge in [-0.25, -0.2) is 0 Å². The van der Waals surface area contributed by atoms with Crippen molar-refractivity contribution in [2.45, 2.75) is 32.9 Å². The third kappa shape index (κ3) is 6.23. The molecule has 0 heterocycles. The predicted molar refractivity (Wildman–Crippen MR) is 104 cm³/mol. The number of benzene rings is 2. The van der Waals surface area contributed by atoms with E-state index in [4.69, 9.17) is 16.6 Å². The van der Waals surface area contributed by atoms with Gasteiger partial charge in [0.15, 0.2) is 5.96 Å². The molecule has 0 spiro atoms. The second-order valence-corrected chi connectivity index (χ2v) is 6.50. The van der Waals surface area contributed by atoms with Gasteiger partial charge in [-0.3, -0.25) is 9.59 Å². The van der Waals surface area contributed by atoms with Crippen LogP contribution in [0.2, 0.25) is 0 Å². The number of nitrogens with one attached hydrogen (secondary N) is 1. The number of amides is 1. The maximum atomic E-state index is 12.2. The summed E-state index contributed by atoms with van der Waals surface area (Å²) in [5.74, 6) is -1.51. The highest BCUT2D eigenvalue weighted by Gasteiger charge is 2.12. The van der Waals surface area contributed by atoms with E-state index in [-0.39, 0.29) is 12.4 Å². The molecular formula is C20H24N4O3. The molecule has 27 heavy (non-hydrogen) atoms. The zero-order chi connectivity index (χ0) is 20.0. The number of carboxylic acid groups (broad SMARTS) is 1. The highest BCUT2D eigenvalue weighted by atomic mass is 16.4. The van der Waals surface area contributed by atoms with Crippen LogP contribution in [0.1, 0.15) is 32.6 Å². The Morgan fingerprint density at radius 2 is 1.67 bits per heavy atom. The summed E-state index contributed by atoms with van der Waals surface area (Å²) < 4.78 is 0. The van der Waals surface area contributed by atoms with E-state index in [0.29, 0.717) is 12.1 Å². The van der Waals surface area contributed by atoms with E-state index in [9.17, 15) is 9.59 Å². The number of guanidine groups is 1. The van der Waals surface area contributed by atoms with Gasteiger partial charge < -0.3 is 21.9 Å². The highest BCUT2D eigenvalue weighted by molar-refractivity contribution is 6.02. The van der Waals surface area contributed by atoms with Crippen molar-refractivity contribution in [3.05, 3.63) is 70.3 Å². The molecule has 0 fully saturated rings. The molecule has 1 atom stereocenters. The molecule has 0 unspecified atom stereocenters. The minimum Gasteiger partial charge on any atom is -0.480 e. The summed E-state index contributed by atoms with van der Waals surface area (Å²) >= 11 is 0. The van der Waals surface area contributed by atoms with E-state index < -0.39 is 17.9 Å². The SMILES string of the molecule is Cc1cc(C)cc(CNC(N)=NC(=O)c2ccc(C[C@H](N)C(=O)O)cc2)c1. The van der Waals surface area contributed by atoms with E-state index in [1.54, 1.807) is 24.3 Å². The summed E-state index contributed by atoms with van der Waals surface area (Å²) in [7, 11) is 0. The predicted octanol–water partition coefficient (Wildman–Crippen LogP) is 1.50. The van der Waals surface area contributed by atoms with Gasteiger partial charge in [0.25, 0.3) is 5.91 Å². The first kappa shape index (κ1) is 20.1. The molecule has 1 amide bonds. The van der Waals surface area contributed by atoms with Gasteiger partial charge in [-0.05, 0) is 43.5 Å². The van der Waals surface area contributed by atoms with E-state index >= 15 is 0 Å². The van der Waals surface area contributed by atoms with Crippen LogP contribution in [-0.2, 0) is 17.8 Å². The quantitative estimate of drug-likeness (QED) is 0.451. The van der Waals surface area contributed by atoms with Gasteiger partial charge in [0.2, 0.25) is 0 Å². The standard InChI is InChI=1S/C20H24N4O3/c1-12-7-13(2)9-15(8-12)11-23-20(22)24-18(25)16-5-3-14(4-6-16)10-17(21)19(26)27/h3-9,17H,10-11,21H2,1-2H3,(H,26,27)(H3,22,23,24,25)/t17-/m0/s1. The van der Waals surface area contributed by atoms with E-state index in [1.807, 2.05) is 26.0 Å². The molecule has 0 aliphatic heterocycles. The first-order valence-corrected chi connectivity index (χ1v) is 8.51. The minimum absolute atomic E-state index is 0.0381. The number of carbonyl (C=O) groups is 2. The van der Waals surface area contributed by atoms with Crippen LogP contribution in [0.5, 0.6) is 0 Å². The Bertz CT molecular complexity index is 840. The average molecular weight is 368 g/mol. The number of carboxylic acids is 1. The molecule has 6 N–H and O–H groups in total. The fourth-order valence-electron chi connectivity index (χ4n) is 2.70. The molecule has 0 saturated carbocycles. The van der Waals surface area contributed by atoms with E-state index in [2.05, 4.69) is 16.4 Å². The number of nitrogens with zero attached hydrogens (tertiary/aromatic N) is 1.